The smallest absolute Gasteiger partial charge is 0.0930 e. The summed E-state index contributed by atoms with van der Waals surface area (Å²) in [7, 11) is 0. The first-order chi connectivity index (χ1) is 5.75. The zero-order chi connectivity index (χ0) is 8.97. The molecule has 3 heteroatoms. The van der Waals surface area contributed by atoms with Gasteiger partial charge in [-0.1, -0.05) is 18.2 Å². The summed E-state index contributed by atoms with van der Waals surface area (Å²) < 4.78 is 0. The second-order valence-corrected chi connectivity index (χ2v) is 2.92. The van der Waals surface area contributed by atoms with Crippen molar-refractivity contribution in [1.29, 1.82) is 5.26 Å². The van der Waals surface area contributed by atoms with E-state index in [2.05, 4.69) is 12.6 Å². The van der Waals surface area contributed by atoms with E-state index in [1.54, 1.807) is 12.1 Å². The summed E-state index contributed by atoms with van der Waals surface area (Å²) in [5.74, 6) is 0. The van der Waals surface area contributed by atoms with Crippen LogP contribution in [0.4, 0.5) is 0 Å². The fourth-order valence-corrected chi connectivity index (χ4v) is 1.28. The summed E-state index contributed by atoms with van der Waals surface area (Å²) in [6.45, 7) is 0. The van der Waals surface area contributed by atoms with Crippen molar-refractivity contribution < 1.29 is 5.11 Å². The van der Waals surface area contributed by atoms with Gasteiger partial charge >= 0.3 is 0 Å². The fraction of sp³-hybridized carbons (Fsp3) is 0.222. The average molecular weight is 179 g/mol. The molecular weight excluding hydrogens is 170 g/mol. The van der Waals surface area contributed by atoms with Crippen LogP contribution in [0.15, 0.2) is 29.2 Å². The summed E-state index contributed by atoms with van der Waals surface area (Å²) >= 11 is 4.16. The van der Waals surface area contributed by atoms with E-state index in [4.69, 9.17) is 5.26 Å². The molecule has 12 heavy (non-hydrogen) atoms. The van der Waals surface area contributed by atoms with Crippen molar-refractivity contribution in [2.24, 2.45) is 0 Å². The highest BCUT2D eigenvalue weighted by Gasteiger charge is 2.08. The van der Waals surface area contributed by atoms with Gasteiger partial charge in [-0.05, 0) is 11.6 Å². The summed E-state index contributed by atoms with van der Waals surface area (Å²) in [5, 5.41) is 17.8. The number of nitrogens with zero attached hydrogens (tertiary/aromatic N) is 1. The Hall–Kier alpha value is -0.980. The summed E-state index contributed by atoms with van der Waals surface area (Å²) in [6.07, 6.45) is -0.610. The molecule has 1 atom stereocenters. The first-order valence-corrected chi connectivity index (χ1v) is 4.03. The second-order valence-electron chi connectivity index (χ2n) is 2.44. The fourth-order valence-electron chi connectivity index (χ4n) is 0.966. The molecule has 1 aromatic rings. The Morgan fingerprint density at radius 2 is 2.17 bits per heavy atom. The number of hydrogen-bond acceptors (Lipinski definition) is 3. The van der Waals surface area contributed by atoms with E-state index in [-0.39, 0.29) is 6.42 Å². The zero-order valence-electron chi connectivity index (χ0n) is 6.44. The number of hydrogen-bond donors (Lipinski definition) is 2. The van der Waals surface area contributed by atoms with Gasteiger partial charge in [0, 0.05) is 4.90 Å². The van der Waals surface area contributed by atoms with E-state index >= 15 is 0 Å². The third-order valence-corrected chi connectivity index (χ3v) is 1.99. The van der Waals surface area contributed by atoms with Crippen LogP contribution in [0.5, 0.6) is 0 Å². The molecule has 0 radical (unpaired) electrons. The maximum atomic E-state index is 9.43. The van der Waals surface area contributed by atoms with Gasteiger partial charge in [-0.3, -0.25) is 0 Å². The van der Waals surface area contributed by atoms with Gasteiger partial charge in [-0.25, -0.2) is 0 Å². The summed E-state index contributed by atoms with van der Waals surface area (Å²) in [5.41, 5.74) is 0.711. The van der Waals surface area contributed by atoms with Crippen LogP contribution in [0.2, 0.25) is 0 Å². The molecule has 0 unspecified atom stereocenters. The monoisotopic (exact) mass is 179 g/mol. The predicted molar refractivity (Wildman–Crippen MR) is 48.9 cm³/mol. The Labute approximate surface area is 76.9 Å². The summed E-state index contributed by atoms with van der Waals surface area (Å²) in [4.78, 5) is 0.722. The van der Waals surface area contributed by atoms with Crippen LogP contribution >= 0.6 is 12.6 Å². The maximum Gasteiger partial charge on any atom is 0.0930 e. The van der Waals surface area contributed by atoms with Crippen LogP contribution in [-0.4, -0.2) is 5.11 Å². The molecule has 0 aliphatic carbocycles. The third-order valence-electron chi connectivity index (χ3n) is 1.58. The van der Waals surface area contributed by atoms with Crippen LogP contribution in [0, 0.1) is 11.3 Å². The van der Waals surface area contributed by atoms with Crippen LogP contribution in [0.1, 0.15) is 18.1 Å². The van der Waals surface area contributed by atoms with Gasteiger partial charge in [0.15, 0.2) is 0 Å². The molecule has 0 fully saturated rings. The Kier molecular flexibility index (Phi) is 3.15. The normalized spacial score (nSPS) is 12.1. The minimum absolute atomic E-state index is 0.109. The minimum atomic E-state index is -0.719. The van der Waals surface area contributed by atoms with Crippen molar-refractivity contribution in [3.63, 3.8) is 0 Å². The van der Waals surface area contributed by atoms with E-state index in [0.29, 0.717) is 5.56 Å². The lowest BCUT2D eigenvalue weighted by Gasteiger charge is -2.08. The quantitative estimate of drug-likeness (QED) is 0.681. The molecule has 0 heterocycles. The van der Waals surface area contributed by atoms with E-state index in [9.17, 15) is 5.11 Å². The number of nitriles is 1. The first kappa shape index (κ1) is 9.11. The Bertz CT molecular complexity index is 306. The lowest BCUT2D eigenvalue weighted by Crippen LogP contribution is -1.96. The molecule has 0 bridgehead atoms. The number of aliphatic hydroxyl groups is 1. The van der Waals surface area contributed by atoms with E-state index in [1.807, 2.05) is 18.2 Å². The van der Waals surface area contributed by atoms with Crippen LogP contribution in [0.25, 0.3) is 0 Å². The van der Waals surface area contributed by atoms with Gasteiger partial charge < -0.3 is 5.11 Å². The van der Waals surface area contributed by atoms with E-state index in [0.717, 1.165) is 4.90 Å². The Morgan fingerprint density at radius 1 is 1.50 bits per heavy atom. The molecule has 0 amide bonds. The van der Waals surface area contributed by atoms with Crippen molar-refractivity contribution in [3.05, 3.63) is 29.8 Å². The van der Waals surface area contributed by atoms with Gasteiger partial charge in [0.05, 0.1) is 18.6 Å². The van der Waals surface area contributed by atoms with E-state index < -0.39 is 6.10 Å². The Morgan fingerprint density at radius 3 is 2.75 bits per heavy atom. The molecule has 0 saturated heterocycles. The largest absolute Gasteiger partial charge is 0.387 e. The molecular formula is C9H9NOS. The van der Waals surface area contributed by atoms with Gasteiger partial charge in [-0.15, -0.1) is 12.6 Å². The third kappa shape index (κ3) is 2.00. The number of thiol groups is 1. The van der Waals surface area contributed by atoms with Crippen LogP contribution < -0.4 is 0 Å². The molecule has 0 aliphatic heterocycles. The highest BCUT2D eigenvalue weighted by molar-refractivity contribution is 7.80. The van der Waals surface area contributed by atoms with Gasteiger partial charge in [0.1, 0.15) is 0 Å². The number of aliphatic hydroxyl groups excluding tert-OH is 1. The van der Waals surface area contributed by atoms with Gasteiger partial charge in [0.2, 0.25) is 0 Å². The molecule has 2 nitrogen and oxygen atoms in total. The topological polar surface area (TPSA) is 44.0 Å². The summed E-state index contributed by atoms with van der Waals surface area (Å²) in [6, 6.07) is 9.12. The predicted octanol–water partition coefficient (Wildman–Crippen LogP) is 1.92. The SMILES string of the molecule is N#CC[C@H](O)c1ccccc1S. The highest BCUT2D eigenvalue weighted by Crippen LogP contribution is 2.22. The molecule has 1 rings (SSSR count). The molecule has 62 valence electrons. The van der Waals surface area contributed by atoms with Crippen molar-refractivity contribution in [2.45, 2.75) is 17.4 Å². The molecule has 0 aromatic heterocycles. The zero-order valence-corrected chi connectivity index (χ0v) is 7.33. The van der Waals surface area contributed by atoms with Crippen molar-refractivity contribution in [3.8, 4) is 6.07 Å². The molecule has 0 spiro atoms. The number of rotatable bonds is 2. The lowest BCUT2D eigenvalue weighted by atomic mass is 10.1. The second kappa shape index (κ2) is 4.15. The molecule has 0 aliphatic rings. The highest BCUT2D eigenvalue weighted by atomic mass is 32.1. The molecule has 1 N–H and O–H groups in total. The van der Waals surface area contributed by atoms with Crippen LogP contribution in [-0.2, 0) is 0 Å². The molecule has 1 aromatic carbocycles. The lowest BCUT2D eigenvalue weighted by molar-refractivity contribution is 0.180. The first-order valence-electron chi connectivity index (χ1n) is 3.58. The average Bonchev–Trinajstić information content (AvgIpc) is 2.05. The van der Waals surface area contributed by atoms with Gasteiger partial charge in [0.25, 0.3) is 0 Å². The van der Waals surface area contributed by atoms with Crippen molar-refractivity contribution in [1.82, 2.24) is 0 Å². The standard InChI is InChI=1S/C9H9NOS/c10-6-5-8(11)7-3-1-2-4-9(7)12/h1-4,8,11-12H,5H2/t8-/m0/s1. The van der Waals surface area contributed by atoms with Crippen molar-refractivity contribution in [2.75, 3.05) is 0 Å². The van der Waals surface area contributed by atoms with Gasteiger partial charge in [-0.2, -0.15) is 5.26 Å². The Balaban J connectivity index is 2.88. The number of benzene rings is 1. The van der Waals surface area contributed by atoms with E-state index in [1.165, 1.54) is 0 Å². The minimum Gasteiger partial charge on any atom is -0.387 e. The van der Waals surface area contributed by atoms with Crippen LogP contribution in [0.3, 0.4) is 0 Å². The maximum absolute atomic E-state index is 9.43. The van der Waals surface area contributed by atoms with Crippen molar-refractivity contribution >= 4 is 12.6 Å². The molecule has 0 saturated carbocycles.